The van der Waals surface area contributed by atoms with Gasteiger partial charge in [0.25, 0.3) is 11.8 Å². The molecule has 2 amide bonds. The van der Waals surface area contributed by atoms with Crippen LogP contribution in [0.5, 0.6) is 11.5 Å². The number of carbonyl (C=O) groups is 3. The molecular formula is C27H34N2O7. The first-order chi connectivity index (χ1) is 17.2. The summed E-state index contributed by atoms with van der Waals surface area (Å²) in [5.41, 5.74) is 1.12. The summed E-state index contributed by atoms with van der Waals surface area (Å²) in [7, 11) is 0. The van der Waals surface area contributed by atoms with Crippen molar-refractivity contribution in [3.05, 3.63) is 40.5 Å². The number of carbonyl (C=O) groups excluding carboxylic acids is 3. The van der Waals surface area contributed by atoms with Crippen molar-refractivity contribution in [3.63, 3.8) is 0 Å². The van der Waals surface area contributed by atoms with Gasteiger partial charge in [-0.05, 0) is 55.5 Å². The van der Waals surface area contributed by atoms with E-state index >= 15 is 0 Å². The Kier molecular flexibility index (Phi) is 11.2. The van der Waals surface area contributed by atoms with Crippen LogP contribution < -0.4 is 9.47 Å². The lowest BCUT2D eigenvalue weighted by molar-refractivity contribution is -0.142. The van der Waals surface area contributed by atoms with Gasteiger partial charge >= 0.3 is 5.97 Å². The van der Waals surface area contributed by atoms with E-state index in [1.54, 1.807) is 31.2 Å². The van der Waals surface area contributed by atoms with Gasteiger partial charge in [0.2, 0.25) is 0 Å². The normalized spacial score (nSPS) is 14.9. The van der Waals surface area contributed by atoms with Crippen LogP contribution in [-0.2, 0) is 23.9 Å². The van der Waals surface area contributed by atoms with Gasteiger partial charge in [-0.3, -0.25) is 19.3 Å². The van der Waals surface area contributed by atoms with E-state index in [1.165, 1.54) is 6.92 Å². The van der Waals surface area contributed by atoms with Gasteiger partial charge in [-0.2, -0.15) is 5.26 Å². The second-order valence-corrected chi connectivity index (χ2v) is 8.55. The largest absolute Gasteiger partial charge is 0.490 e. The number of rotatable bonds is 13. The fourth-order valence-electron chi connectivity index (χ4n) is 3.41. The number of imide groups is 1. The molecule has 1 aliphatic rings. The Morgan fingerprint density at radius 2 is 1.83 bits per heavy atom. The van der Waals surface area contributed by atoms with Gasteiger partial charge < -0.3 is 18.9 Å². The van der Waals surface area contributed by atoms with Crippen LogP contribution in [0.3, 0.4) is 0 Å². The fraction of sp³-hybridized carbons (Fsp3) is 0.481. The first-order valence-electron chi connectivity index (χ1n) is 12.0. The van der Waals surface area contributed by atoms with Crippen LogP contribution in [-0.4, -0.2) is 62.3 Å². The Morgan fingerprint density at radius 1 is 1.08 bits per heavy atom. The number of benzene rings is 1. The summed E-state index contributed by atoms with van der Waals surface area (Å²) in [5.74, 6) is 0.0740. The average molecular weight is 499 g/mol. The first-order valence-corrected chi connectivity index (χ1v) is 12.0. The van der Waals surface area contributed by atoms with Crippen LogP contribution in [0.2, 0.25) is 0 Å². The number of nitriles is 1. The molecule has 1 aliphatic heterocycles. The number of hydrogen-bond donors (Lipinski definition) is 0. The molecule has 0 spiro atoms. The molecule has 9 heteroatoms. The van der Waals surface area contributed by atoms with Gasteiger partial charge in [0, 0.05) is 12.5 Å². The zero-order chi connectivity index (χ0) is 26.7. The van der Waals surface area contributed by atoms with Gasteiger partial charge in [-0.15, -0.1) is 0 Å². The Balaban J connectivity index is 2.25. The SMILES string of the molecule is CCOc1cc(/C=C2/C(=O)N(CCOCCOC(C)=O)C(=O)C(C#N)=C2C)ccc1OCCC(C)C. The van der Waals surface area contributed by atoms with Crippen molar-refractivity contribution in [3.8, 4) is 17.6 Å². The number of hydrogen-bond acceptors (Lipinski definition) is 8. The van der Waals surface area contributed by atoms with Gasteiger partial charge in [-0.25, -0.2) is 0 Å². The molecule has 0 saturated heterocycles. The van der Waals surface area contributed by atoms with Gasteiger partial charge in [0.15, 0.2) is 11.5 Å². The summed E-state index contributed by atoms with van der Waals surface area (Å²) in [5, 5.41) is 9.58. The van der Waals surface area contributed by atoms with Crippen molar-refractivity contribution in [2.75, 3.05) is 39.6 Å². The first kappa shape index (κ1) is 28.6. The van der Waals surface area contributed by atoms with Crippen molar-refractivity contribution >= 4 is 23.9 Å². The van der Waals surface area contributed by atoms with Crippen molar-refractivity contribution in [1.82, 2.24) is 4.90 Å². The average Bonchev–Trinajstić information content (AvgIpc) is 2.82. The summed E-state index contributed by atoms with van der Waals surface area (Å²) < 4.78 is 21.8. The van der Waals surface area contributed by atoms with Crippen molar-refractivity contribution in [2.45, 2.75) is 41.0 Å². The highest BCUT2D eigenvalue weighted by Gasteiger charge is 2.35. The minimum Gasteiger partial charge on any atom is -0.490 e. The quantitative estimate of drug-likeness (QED) is 0.175. The van der Waals surface area contributed by atoms with Crippen LogP contribution in [0, 0.1) is 17.2 Å². The van der Waals surface area contributed by atoms with Crippen LogP contribution in [0.4, 0.5) is 0 Å². The molecule has 1 aromatic carbocycles. The second kappa shape index (κ2) is 14.0. The van der Waals surface area contributed by atoms with Gasteiger partial charge in [0.1, 0.15) is 18.2 Å². The summed E-state index contributed by atoms with van der Waals surface area (Å²) in [6, 6.07) is 7.27. The molecule has 0 unspecified atom stereocenters. The molecule has 0 N–H and O–H groups in total. The maximum absolute atomic E-state index is 13.2. The smallest absolute Gasteiger partial charge is 0.302 e. The molecule has 36 heavy (non-hydrogen) atoms. The zero-order valence-electron chi connectivity index (χ0n) is 21.6. The zero-order valence-corrected chi connectivity index (χ0v) is 21.6. The van der Waals surface area contributed by atoms with Crippen molar-refractivity contribution in [1.29, 1.82) is 5.26 Å². The highest BCUT2D eigenvalue weighted by atomic mass is 16.6. The number of esters is 1. The molecule has 0 radical (unpaired) electrons. The van der Waals surface area contributed by atoms with Crippen LogP contribution in [0.25, 0.3) is 6.08 Å². The Morgan fingerprint density at radius 3 is 2.47 bits per heavy atom. The molecular weight excluding hydrogens is 464 g/mol. The molecule has 2 rings (SSSR count). The lowest BCUT2D eigenvalue weighted by Gasteiger charge is -2.27. The lowest BCUT2D eigenvalue weighted by atomic mass is 9.93. The molecule has 0 aromatic heterocycles. The van der Waals surface area contributed by atoms with Gasteiger partial charge in [0.05, 0.1) is 33.0 Å². The van der Waals surface area contributed by atoms with E-state index in [9.17, 15) is 19.6 Å². The van der Waals surface area contributed by atoms with E-state index in [-0.39, 0.29) is 37.5 Å². The van der Waals surface area contributed by atoms with Crippen LogP contribution in [0.1, 0.15) is 46.6 Å². The monoisotopic (exact) mass is 498 g/mol. The van der Waals surface area contributed by atoms with E-state index < -0.39 is 17.8 Å². The topological polar surface area (TPSA) is 115 Å². The molecule has 9 nitrogen and oxygen atoms in total. The van der Waals surface area contributed by atoms with E-state index in [1.807, 2.05) is 13.0 Å². The maximum Gasteiger partial charge on any atom is 0.302 e. The molecule has 1 aromatic rings. The second-order valence-electron chi connectivity index (χ2n) is 8.55. The number of amides is 2. The van der Waals surface area contributed by atoms with Gasteiger partial charge in [-0.1, -0.05) is 19.9 Å². The van der Waals surface area contributed by atoms with Crippen LogP contribution in [0.15, 0.2) is 34.9 Å². The Labute approximate surface area is 212 Å². The summed E-state index contributed by atoms with van der Waals surface area (Å²) in [6.07, 6.45) is 2.54. The minimum atomic E-state index is -0.662. The van der Waals surface area contributed by atoms with E-state index in [0.717, 1.165) is 11.3 Å². The van der Waals surface area contributed by atoms with Crippen LogP contribution >= 0.6 is 0 Å². The Bertz CT molecular complexity index is 1070. The molecule has 0 atom stereocenters. The lowest BCUT2D eigenvalue weighted by Crippen LogP contribution is -2.44. The van der Waals surface area contributed by atoms with E-state index in [0.29, 0.717) is 41.8 Å². The number of nitrogens with zero attached hydrogens (tertiary/aromatic N) is 2. The fourth-order valence-corrected chi connectivity index (χ4v) is 3.41. The third kappa shape index (κ3) is 7.95. The third-order valence-corrected chi connectivity index (χ3v) is 5.35. The predicted octanol–water partition coefficient (Wildman–Crippen LogP) is 3.68. The predicted molar refractivity (Wildman–Crippen MR) is 133 cm³/mol. The molecule has 194 valence electrons. The molecule has 0 saturated carbocycles. The molecule has 1 heterocycles. The summed E-state index contributed by atoms with van der Waals surface area (Å²) in [4.78, 5) is 37.8. The van der Waals surface area contributed by atoms with E-state index in [4.69, 9.17) is 18.9 Å². The Hall–Kier alpha value is -3.64. The maximum atomic E-state index is 13.2. The van der Waals surface area contributed by atoms with E-state index in [2.05, 4.69) is 13.8 Å². The highest BCUT2D eigenvalue weighted by Crippen LogP contribution is 2.32. The standard InChI is InChI=1S/C27H34N2O7/c1-6-34-25-16-21(7-8-24(25)36-11-9-18(2)3)15-22-19(4)23(17-28)27(32)29(26(22)31)10-12-33-13-14-35-20(5)30/h7-8,15-16,18H,6,9-14H2,1-5H3/b22-15+. The minimum absolute atomic E-state index is 0.0413. The molecule has 0 bridgehead atoms. The summed E-state index contributed by atoms with van der Waals surface area (Å²) >= 11 is 0. The molecule has 0 aliphatic carbocycles. The molecule has 0 fully saturated rings. The van der Waals surface area contributed by atoms with Crippen molar-refractivity contribution < 1.29 is 33.3 Å². The third-order valence-electron chi connectivity index (χ3n) is 5.35. The highest BCUT2D eigenvalue weighted by molar-refractivity contribution is 6.19. The van der Waals surface area contributed by atoms with Crippen molar-refractivity contribution in [2.24, 2.45) is 5.92 Å². The summed E-state index contributed by atoms with van der Waals surface area (Å²) in [6.45, 7) is 10.2. The number of ether oxygens (including phenoxy) is 4.